The molecule has 3 N–H and O–H groups in total. The molecule has 244 valence electrons. The van der Waals surface area contributed by atoms with Gasteiger partial charge in [-0.05, 0) is 84.5 Å². The van der Waals surface area contributed by atoms with Crippen molar-refractivity contribution in [2.45, 2.75) is 24.5 Å². The van der Waals surface area contributed by atoms with E-state index in [9.17, 15) is 22.4 Å². The van der Waals surface area contributed by atoms with Gasteiger partial charge >= 0.3 is 5.97 Å². The number of rotatable bonds is 17. The second kappa shape index (κ2) is 14.9. The first-order valence-corrected chi connectivity index (χ1v) is 16.5. The lowest BCUT2D eigenvalue weighted by atomic mass is 9.98. The van der Waals surface area contributed by atoms with Gasteiger partial charge in [0.2, 0.25) is 10.0 Å². The third-order valence-electron chi connectivity index (χ3n) is 7.39. The Morgan fingerprint density at radius 2 is 1.70 bits per heavy atom. The van der Waals surface area contributed by atoms with Crippen LogP contribution in [0.15, 0.2) is 65.1 Å². The Balaban J connectivity index is 1.13. The van der Waals surface area contributed by atoms with Crippen molar-refractivity contribution < 1.29 is 46.1 Å². The molecule has 0 bridgehead atoms. The average molecular weight is 655 g/mol. The minimum Gasteiger partial charge on any atom is -0.491 e. The van der Waals surface area contributed by atoms with Crippen LogP contribution >= 0.6 is 0 Å². The molecule has 1 fully saturated rings. The van der Waals surface area contributed by atoms with Crippen molar-refractivity contribution in [1.82, 2.24) is 10.0 Å². The normalized spacial score (nSPS) is 13.2. The Morgan fingerprint density at radius 1 is 0.978 bits per heavy atom. The first-order chi connectivity index (χ1) is 22.1. The molecule has 11 nitrogen and oxygen atoms in total. The third kappa shape index (κ3) is 8.49. The predicted molar refractivity (Wildman–Crippen MR) is 168 cm³/mol. The molecule has 0 radical (unpaired) electrons. The average Bonchev–Trinajstić information content (AvgIpc) is 3.82. The highest BCUT2D eigenvalue weighted by Crippen LogP contribution is 2.45. The van der Waals surface area contributed by atoms with Crippen molar-refractivity contribution in [1.29, 1.82) is 0 Å². The van der Waals surface area contributed by atoms with E-state index in [-0.39, 0.29) is 68.5 Å². The number of halogens is 1. The Bertz CT molecular complexity index is 1800. The van der Waals surface area contributed by atoms with Gasteiger partial charge in [0.25, 0.3) is 5.91 Å². The van der Waals surface area contributed by atoms with Gasteiger partial charge in [0.05, 0.1) is 43.3 Å². The van der Waals surface area contributed by atoms with Crippen LogP contribution in [0.1, 0.15) is 50.6 Å². The lowest BCUT2D eigenvalue weighted by Crippen LogP contribution is -2.29. The van der Waals surface area contributed by atoms with E-state index in [1.165, 1.54) is 43.4 Å². The number of carboxylic acids is 1. The molecule has 46 heavy (non-hydrogen) atoms. The summed E-state index contributed by atoms with van der Waals surface area (Å²) in [5.74, 6) is -1.16. The lowest BCUT2D eigenvalue weighted by Gasteiger charge is -2.12. The van der Waals surface area contributed by atoms with Crippen molar-refractivity contribution >= 4 is 32.9 Å². The second-order valence-electron chi connectivity index (χ2n) is 10.8. The number of amides is 1. The Labute approximate surface area is 265 Å². The molecule has 1 aliphatic rings. The monoisotopic (exact) mass is 654 g/mol. The van der Waals surface area contributed by atoms with Crippen LogP contribution in [0.25, 0.3) is 22.3 Å². The first kappa shape index (κ1) is 33.1. The molecule has 3 aromatic carbocycles. The summed E-state index contributed by atoms with van der Waals surface area (Å²) in [7, 11) is -2.21. The van der Waals surface area contributed by atoms with Crippen LogP contribution in [0, 0.1) is 5.82 Å². The number of hydrogen-bond donors (Lipinski definition) is 3. The summed E-state index contributed by atoms with van der Waals surface area (Å²) in [6, 6.07) is 15.3. The quantitative estimate of drug-likeness (QED) is 0.138. The zero-order chi connectivity index (χ0) is 32.7. The molecule has 1 aliphatic carbocycles. The molecule has 0 unspecified atom stereocenters. The maximum absolute atomic E-state index is 13.6. The molecule has 0 spiro atoms. The van der Waals surface area contributed by atoms with Crippen molar-refractivity contribution in [3.8, 4) is 17.1 Å². The number of aromatic carboxylic acids is 1. The van der Waals surface area contributed by atoms with Gasteiger partial charge in [0.1, 0.15) is 29.5 Å². The summed E-state index contributed by atoms with van der Waals surface area (Å²) < 4.78 is 64.7. The van der Waals surface area contributed by atoms with E-state index in [0.717, 1.165) is 18.4 Å². The second-order valence-corrected chi connectivity index (χ2v) is 12.6. The molecule has 1 aromatic heterocycles. The zero-order valence-electron chi connectivity index (χ0n) is 25.2. The Morgan fingerprint density at radius 3 is 2.39 bits per heavy atom. The molecule has 0 saturated heterocycles. The van der Waals surface area contributed by atoms with Crippen LogP contribution in [0.5, 0.6) is 5.75 Å². The maximum atomic E-state index is 13.6. The van der Waals surface area contributed by atoms with Gasteiger partial charge in [-0.15, -0.1) is 0 Å². The van der Waals surface area contributed by atoms with Crippen molar-refractivity contribution in [2.75, 3.05) is 46.6 Å². The van der Waals surface area contributed by atoms with E-state index in [0.29, 0.717) is 33.4 Å². The van der Waals surface area contributed by atoms with Gasteiger partial charge in [-0.1, -0.05) is 6.07 Å². The van der Waals surface area contributed by atoms with Crippen molar-refractivity contribution in [3.63, 3.8) is 0 Å². The van der Waals surface area contributed by atoms with Gasteiger partial charge in [0, 0.05) is 24.5 Å². The summed E-state index contributed by atoms with van der Waals surface area (Å²) in [4.78, 5) is 23.9. The van der Waals surface area contributed by atoms with Crippen LogP contribution in [-0.4, -0.2) is 72.0 Å². The fraction of sp³-hybridized carbons (Fsp3) is 0.333. The highest BCUT2D eigenvalue weighted by Gasteiger charge is 2.31. The molecule has 1 amide bonds. The minimum absolute atomic E-state index is 0.0721. The van der Waals surface area contributed by atoms with E-state index in [1.54, 1.807) is 18.2 Å². The van der Waals surface area contributed by atoms with E-state index >= 15 is 0 Å². The predicted octanol–water partition coefficient (Wildman–Crippen LogP) is 4.71. The highest BCUT2D eigenvalue weighted by molar-refractivity contribution is 7.88. The number of benzene rings is 3. The zero-order valence-corrected chi connectivity index (χ0v) is 26.0. The highest BCUT2D eigenvalue weighted by atomic mass is 32.2. The molecule has 0 aliphatic heterocycles. The van der Waals surface area contributed by atoms with Crippen LogP contribution in [0.3, 0.4) is 0 Å². The van der Waals surface area contributed by atoms with Gasteiger partial charge in [-0.3, -0.25) is 4.79 Å². The molecular weight excluding hydrogens is 619 g/mol. The van der Waals surface area contributed by atoms with Crippen molar-refractivity contribution in [3.05, 3.63) is 88.7 Å². The Hall–Kier alpha value is -4.30. The molecular formula is C33H35FN2O9S. The fourth-order valence-electron chi connectivity index (χ4n) is 5.04. The third-order valence-corrected chi connectivity index (χ3v) is 8.73. The maximum Gasteiger partial charge on any atom is 0.335 e. The number of carbonyl (C=O) groups is 2. The lowest BCUT2D eigenvalue weighted by molar-refractivity contribution is 0.0381. The summed E-state index contributed by atoms with van der Waals surface area (Å²) in [6.45, 7) is 1.24. The minimum atomic E-state index is -3.73. The SMILES string of the molecule is CNC(=O)c1c(-c2ccc(F)cc2)oc2cc(CS(=O)(=O)NCCOCCOCCOc3cccc(C(=O)O)c3)c(C3CC3)cc12. The van der Waals surface area contributed by atoms with E-state index in [2.05, 4.69) is 10.0 Å². The summed E-state index contributed by atoms with van der Waals surface area (Å²) in [6.07, 6.45) is 1.84. The van der Waals surface area contributed by atoms with Gasteiger partial charge in [-0.25, -0.2) is 22.3 Å². The molecule has 5 rings (SSSR count). The molecule has 1 saturated carbocycles. The fourth-order valence-corrected chi connectivity index (χ4v) is 6.20. The number of nitrogens with one attached hydrogen (secondary N) is 2. The van der Waals surface area contributed by atoms with E-state index in [4.69, 9.17) is 23.7 Å². The van der Waals surface area contributed by atoms with Gasteiger partial charge in [-0.2, -0.15) is 0 Å². The van der Waals surface area contributed by atoms with Gasteiger partial charge in [0.15, 0.2) is 0 Å². The number of furan rings is 1. The van der Waals surface area contributed by atoms with E-state index in [1.807, 2.05) is 6.07 Å². The summed E-state index contributed by atoms with van der Waals surface area (Å²) in [5, 5.41) is 12.2. The largest absolute Gasteiger partial charge is 0.491 e. The standard InChI is InChI=1S/C33H35FN2O9S/c1-35-32(37)30-28-19-27(21-5-6-21)24(18-29(28)45-31(30)22-7-9-25(34)10-8-22)20-46(40,41)36-11-12-42-13-14-43-15-16-44-26-4-2-3-23(17-26)33(38)39/h2-4,7-10,17-19,21,36H,5-6,11-16,20H2,1H3,(H,35,37)(H,38,39). The first-order valence-electron chi connectivity index (χ1n) is 14.8. The molecule has 1 heterocycles. The Kier molecular flexibility index (Phi) is 10.7. The number of hydrogen-bond acceptors (Lipinski definition) is 8. The topological polar surface area (TPSA) is 153 Å². The summed E-state index contributed by atoms with van der Waals surface area (Å²) >= 11 is 0. The number of carbonyl (C=O) groups excluding carboxylic acids is 1. The van der Waals surface area contributed by atoms with Crippen LogP contribution in [0.2, 0.25) is 0 Å². The number of sulfonamides is 1. The molecule has 13 heteroatoms. The smallest absolute Gasteiger partial charge is 0.335 e. The van der Waals surface area contributed by atoms with Crippen LogP contribution < -0.4 is 14.8 Å². The number of fused-ring (bicyclic) bond motifs is 1. The van der Waals surface area contributed by atoms with Crippen LogP contribution in [-0.2, 0) is 25.2 Å². The van der Waals surface area contributed by atoms with E-state index < -0.39 is 21.8 Å². The molecule has 4 aromatic rings. The number of ether oxygens (including phenoxy) is 3. The van der Waals surface area contributed by atoms with Gasteiger partial charge < -0.3 is 29.1 Å². The number of carboxylic acid groups (broad SMARTS) is 1. The summed E-state index contributed by atoms with van der Waals surface area (Å²) in [5.41, 5.74) is 2.81. The molecule has 0 atom stereocenters. The van der Waals surface area contributed by atoms with Crippen LogP contribution in [0.4, 0.5) is 4.39 Å². The van der Waals surface area contributed by atoms with Crippen molar-refractivity contribution in [2.24, 2.45) is 0 Å².